The van der Waals surface area contributed by atoms with Gasteiger partial charge in [-0.25, -0.2) is 4.79 Å². The van der Waals surface area contributed by atoms with Gasteiger partial charge < -0.3 is 19.9 Å². The van der Waals surface area contributed by atoms with Gasteiger partial charge in [0.25, 0.3) is 0 Å². The van der Waals surface area contributed by atoms with Crippen molar-refractivity contribution in [3.63, 3.8) is 0 Å². The van der Waals surface area contributed by atoms with E-state index in [4.69, 9.17) is 16.3 Å². The average Bonchev–Trinajstić information content (AvgIpc) is 2.57. The van der Waals surface area contributed by atoms with Crippen molar-refractivity contribution < 1.29 is 14.3 Å². The summed E-state index contributed by atoms with van der Waals surface area (Å²) in [6, 6.07) is 7.12. The zero-order valence-corrected chi connectivity index (χ0v) is 14.0. The Bertz CT molecular complexity index is 545. The Morgan fingerprint density at radius 1 is 1.17 bits per heavy atom. The van der Waals surface area contributed by atoms with Crippen LogP contribution in [0.2, 0.25) is 5.02 Å². The van der Waals surface area contributed by atoms with Gasteiger partial charge in [0.05, 0.1) is 18.1 Å². The number of ether oxygens (including phenoxy) is 1. The summed E-state index contributed by atoms with van der Waals surface area (Å²) in [4.78, 5) is 27.4. The third-order valence-corrected chi connectivity index (χ3v) is 3.97. The van der Waals surface area contributed by atoms with Gasteiger partial charge >= 0.3 is 6.03 Å². The van der Waals surface area contributed by atoms with Crippen molar-refractivity contribution in [3.05, 3.63) is 29.3 Å². The highest BCUT2D eigenvalue weighted by Gasteiger charge is 2.23. The Kier molecular flexibility index (Phi) is 6.52. The van der Waals surface area contributed by atoms with Gasteiger partial charge in [0.15, 0.2) is 0 Å². The first-order valence-electron chi connectivity index (χ1n) is 7.79. The maximum absolute atomic E-state index is 12.2. The first-order chi connectivity index (χ1) is 11.1. The van der Waals surface area contributed by atoms with Crippen LogP contribution in [0.3, 0.4) is 0 Å². The van der Waals surface area contributed by atoms with Crippen molar-refractivity contribution in [1.82, 2.24) is 15.1 Å². The minimum absolute atomic E-state index is 0.0348. The highest BCUT2D eigenvalue weighted by molar-refractivity contribution is 6.32. The molecular weight excluding hydrogens is 318 g/mol. The fourth-order valence-corrected chi connectivity index (χ4v) is 2.58. The molecule has 1 saturated heterocycles. The predicted molar refractivity (Wildman–Crippen MR) is 88.8 cm³/mol. The van der Waals surface area contributed by atoms with Crippen molar-refractivity contribution in [2.45, 2.75) is 13.3 Å². The Balaban J connectivity index is 1.71. The number of nitrogens with zero attached hydrogens (tertiary/aromatic N) is 2. The highest BCUT2D eigenvalue weighted by atomic mass is 35.5. The zero-order valence-electron chi connectivity index (χ0n) is 13.3. The van der Waals surface area contributed by atoms with E-state index in [1.165, 1.54) is 0 Å². The van der Waals surface area contributed by atoms with E-state index < -0.39 is 0 Å². The molecule has 126 valence electrons. The summed E-state index contributed by atoms with van der Waals surface area (Å²) in [5.41, 5.74) is 0. The molecule has 0 unspecified atom stereocenters. The van der Waals surface area contributed by atoms with Crippen LogP contribution in [0.25, 0.3) is 0 Å². The standard InChI is InChI=1S/C16H22ClN3O3/c1-2-18-16(22)20-10-8-19(9-11-20)15(21)7-12-23-14-6-4-3-5-13(14)17/h3-6H,2,7-12H2,1H3,(H,18,22). The average molecular weight is 340 g/mol. The summed E-state index contributed by atoms with van der Waals surface area (Å²) in [7, 11) is 0. The second-order valence-electron chi connectivity index (χ2n) is 5.23. The molecule has 6 nitrogen and oxygen atoms in total. The van der Waals surface area contributed by atoms with Crippen LogP contribution in [-0.4, -0.2) is 61.1 Å². The Morgan fingerprint density at radius 2 is 1.83 bits per heavy atom. The molecule has 0 spiro atoms. The first kappa shape index (κ1) is 17.4. The minimum atomic E-state index is -0.0679. The van der Waals surface area contributed by atoms with Crippen LogP contribution in [0.4, 0.5) is 4.79 Å². The van der Waals surface area contributed by atoms with Gasteiger partial charge in [-0.05, 0) is 19.1 Å². The fraction of sp³-hybridized carbons (Fsp3) is 0.500. The molecule has 1 aliphatic heterocycles. The van der Waals surface area contributed by atoms with Crippen LogP contribution in [0.1, 0.15) is 13.3 Å². The number of urea groups is 1. The van der Waals surface area contributed by atoms with Gasteiger partial charge in [-0.1, -0.05) is 23.7 Å². The molecule has 0 aliphatic carbocycles. The number of amides is 3. The molecule has 0 aromatic heterocycles. The van der Waals surface area contributed by atoms with E-state index in [2.05, 4.69) is 5.32 Å². The Labute approximate surface area is 141 Å². The van der Waals surface area contributed by atoms with Crippen molar-refractivity contribution in [1.29, 1.82) is 0 Å². The number of hydrogen-bond donors (Lipinski definition) is 1. The molecule has 1 heterocycles. The largest absolute Gasteiger partial charge is 0.491 e. The number of carbonyl (C=O) groups excluding carboxylic acids is 2. The molecule has 23 heavy (non-hydrogen) atoms. The molecule has 1 aromatic carbocycles. The molecule has 2 rings (SSSR count). The number of benzene rings is 1. The SMILES string of the molecule is CCNC(=O)N1CCN(C(=O)CCOc2ccccc2Cl)CC1. The normalized spacial score (nSPS) is 14.5. The monoisotopic (exact) mass is 339 g/mol. The first-order valence-corrected chi connectivity index (χ1v) is 8.17. The lowest BCUT2D eigenvalue weighted by Gasteiger charge is -2.34. The summed E-state index contributed by atoms with van der Waals surface area (Å²) in [5, 5.41) is 3.31. The van der Waals surface area contributed by atoms with E-state index >= 15 is 0 Å². The van der Waals surface area contributed by atoms with Crippen LogP contribution in [-0.2, 0) is 4.79 Å². The van der Waals surface area contributed by atoms with Gasteiger partial charge in [0, 0.05) is 32.7 Å². The number of halogens is 1. The van der Waals surface area contributed by atoms with E-state index in [0.29, 0.717) is 56.5 Å². The minimum Gasteiger partial charge on any atom is -0.491 e. The van der Waals surface area contributed by atoms with Gasteiger partial charge in [-0.2, -0.15) is 0 Å². The van der Waals surface area contributed by atoms with Crippen LogP contribution in [0, 0.1) is 0 Å². The number of rotatable bonds is 5. The van der Waals surface area contributed by atoms with Gasteiger partial charge in [-0.3, -0.25) is 4.79 Å². The summed E-state index contributed by atoms with van der Waals surface area (Å²) >= 11 is 6.00. The third-order valence-electron chi connectivity index (χ3n) is 3.66. The molecule has 0 atom stereocenters. The molecule has 1 aliphatic rings. The lowest BCUT2D eigenvalue weighted by atomic mass is 10.3. The van der Waals surface area contributed by atoms with Crippen LogP contribution >= 0.6 is 11.6 Å². The number of para-hydroxylation sites is 1. The summed E-state index contributed by atoms with van der Waals surface area (Å²) in [5.74, 6) is 0.621. The topological polar surface area (TPSA) is 61.9 Å². The number of hydrogen-bond acceptors (Lipinski definition) is 3. The van der Waals surface area contributed by atoms with Crippen LogP contribution in [0.15, 0.2) is 24.3 Å². The summed E-state index contributed by atoms with van der Waals surface area (Å²) in [6.07, 6.45) is 0.298. The molecule has 0 radical (unpaired) electrons. The van der Waals surface area contributed by atoms with E-state index in [1.54, 1.807) is 21.9 Å². The number of nitrogens with one attached hydrogen (secondary N) is 1. The van der Waals surface area contributed by atoms with Gasteiger partial charge in [0.2, 0.25) is 5.91 Å². The molecule has 0 saturated carbocycles. The quantitative estimate of drug-likeness (QED) is 0.892. The maximum atomic E-state index is 12.2. The van der Waals surface area contributed by atoms with E-state index in [9.17, 15) is 9.59 Å². The number of carbonyl (C=O) groups is 2. The van der Waals surface area contributed by atoms with Crippen molar-refractivity contribution >= 4 is 23.5 Å². The summed E-state index contributed by atoms with van der Waals surface area (Å²) < 4.78 is 5.54. The lowest BCUT2D eigenvalue weighted by Crippen LogP contribution is -2.53. The fourth-order valence-electron chi connectivity index (χ4n) is 2.39. The predicted octanol–water partition coefficient (Wildman–Crippen LogP) is 1.98. The second kappa shape index (κ2) is 8.62. The second-order valence-corrected chi connectivity index (χ2v) is 5.64. The molecule has 1 N–H and O–H groups in total. The molecule has 0 bridgehead atoms. The Morgan fingerprint density at radius 3 is 2.48 bits per heavy atom. The maximum Gasteiger partial charge on any atom is 0.317 e. The van der Waals surface area contributed by atoms with Crippen LogP contribution in [0.5, 0.6) is 5.75 Å². The number of piperazine rings is 1. The van der Waals surface area contributed by atoms with Crippen molar-refractivity contribution in [3.8, 4) is 5.75 Å². The Hall–Kier alpha value is -1.95. The van der Waals surface area contributed by atoms with E-state index in [1.807, 2.05) is 19.1 Å². The highest BCUT2D eigenvalue weighted by Crippen LogP contribution is 2.23. The molecule has 1 aromatic rings. The molecule has 3 amide bonds. The zero-order chi connectivity index (χ0) is 16.7. The third kappa shape index (κ3) is 5.03. The van der Waals surface area contributed by atoms with E-state index in [0.717, 1.165) is 0 Å². The summed E-state index contributed by atoms with van der Waals surface area (Å²) in [6.45, 7) is 5.02. The molecular formula is C16H22ClN3O3. The van der Waals surface area contributed by atoms with E-state index in [-0.39, 0.29) is 11.9 Å². The van der Waals surface area contributed by atoms with Gasteiger partial charge in [-0.15, -0.1) is 0 Å². The van der Waals surface area contributed by atoms with Gasteiger partial charge in [0.1, 0.15) is 5.75 Å². The van der Waals surface area contributed by atoms with Crippen LogP contribution < -0.4 is 10.1 Å². The van der Waals surface area contributed by atoms with Crippen molar-refractivity contribution in [2.24, 2.45) is 0 Å². The molecule has 1 fully saturated rings. The smallest absolute Gasteiger partial charge is 0.317 e. The lowest BCUT2D eigenvalue weighted by molar-refractivity contribution is -0.133. The van der Waals surface area contributed by atoms with Crippen molar-refractivity contribution in [2.75, 3.05) is 39.3 Å². The molecule has 7 heteroatoms.